The summed E-state index contributed by atoms with van der Waals surface area (Å²) in [5, 5.41) is 10.4. The van der Waals surface area contributed by atoms with Crippen LogP contribution in [0.15, 0.2) is 70.4 Å². The van der Waals surface area contributed by atoms with Gasteiger partial charge in [-0.15, -0.1) is 0 Å². The smallest absolute Gasteiger partial charge is 0.0750 e. The molecule has 0 aliphatic heterocycles. The Labute approximate surface area is 194 Å². The Kier molecular flexibility index (Phi) is 17.1. The van der Waals surface area contributed by atoms with E-state index in [0.29, 0.717) is 0 Å². The summed E-state index contributed by atoms with van der Waals surface area (Å²) in [4.78, 5) is 0. The molecule has 0 rings (SSSR count). The van der Waals surface area contributed by atoms with E-state index in [9.17, 15) is 5.11 Å². The minimum atomic E-state index is -0.388. The van der Waals surface area contributed by atoms with E-state index in [1.165, 1.54) is 27.9 Å². The molecule has 0 fully saturated rings. The van der Waals surface area contributed by atoms with Crippen molar-refractivity contribution in [1.82, 2.24) is 0 Å². The first-order valence-electron chi connectivity index (χ1n) is 12.2. The van der Waals surface area contributed by atoms with Crippen molar-refractivity contribution in [2.45, 2.75) is 119 Å². The third-order valence-corrected chi connectivity index (χ3v) is 5.58. The second-order valence-corrected chi connectivity index (χ2v) is 9.62. The molecule has 1 heteroatoms. The van der Waals surface area contributed by atoms with Gasteiger partial charge in [-0.3, -0.25) is 0 Å². The molecule has 31 heavy (non-hydrogen) atoms. The van der Waals surface area contributed by atoms with Crippen LogP contribution >= 0.6 is 0 Å². The second-order valence-electron chi connectivity index (χ2n) is 9.62. The van der Waals surface area contributed by atoms with E-state index in [1.54, 1.807) is 0 Å². The van der Waals surface area contributed by atoms with Crippen LogP contribution in [0, 0.1) is 0 Å². The highest BCUT2D eigenvalue weighted by Gasteiger charge is 2.07. The Balaban J connectivity index is 4.11. The van der Waals surface area contributed by atoms with Gasteiger partial charge in [-0.25, -0.2) is 0 Å². The Morgan fingerprint density at radius 1 is 0.581 bits per heavy atom. The van der Waals surface area contributed by atoms with Crippen molar-refractivity contribution >= 4 is 0 Å². The Hall–Kier alpha value is -1.60. The van der Waals surface area contributed by atoms with Crippen LogP contribution < -0.4 is 0 Å². The molecule has 1 atom stereocenters. The van der Waals surface area contributed by atoms with Crippen LogP contribution in [0.1, 0.15) is 113 Å². The highest BCUT2D eigenvalue weighted by atomic mass is 16.3. The topological polar surface area (TPSA) is 20.2 Å². The molecule has 1 unspecified atom stereocenters. The van der Waals surface area contributed by atoms with E-state index in [0.717, 1.165) is 69.8 Å². The van der Waals surface area contributed by atoms with Gasteiger partial charge in [0.15, 0.2) is 0 Å². The van der Waals surface area contributed by atoms with Crippen LogP contribution in [-0.4, -0.2) is 11.2 Å². The van der Waals surface area contributed by atoms with Gasteiger partial charge in [0.2, 0.25) is 0 Å². The maximum absolute atomic E-state index is 10.4. The molecular weight excluding hydrogens is 376 g/mol. The lowest BCUT2D eigenvalue weighted by atomic mass is 9.99. The summed E-state index contributed by atoms with van der Waals surface area (Å²) in [5.74, 6) is 0. The standard InChI is InChI=1S/C30H50O/c1-24(2)14-9-16-26(5)18-11-19-28(7)21-13-23-30(31)29(8)22-12-20-27(6)17-10-15-25(3)4/h14-15,18,20-21,30-31H,8-13,16-17,19,22-23H2,1-7H3/b26-18+,27-20+,28-21+. The van der Waals surface area contributed by atoms with Gasteiger partial charge < -0.3 is 5.11 Å². The van der Waals surface area contributed by atoms with Crippen LogP contribution in [0.2, 0.25) is 0 Å². The van der Waals surface area contributed by atoms with Crippen molar-refractivity contribution < 1.29 is 5.11 Å². The van der Waals surface area contributed by atoms with Crippen molar-refractivity contribution in [3.8, 4) is 0 Å². The maximum Gasteiger partial charge on any atom is 0.0750 e. The van der Waals surface area contributed by atoms with Gasteiger partial charge in [-0.1, -0.05) is 64.8 Å². The molecule has 1 N–H and O–H groups in total. The quantitative estimate of drug-likeness (QED) is 0.243. The zero-order valence-corrected chi connectivity index (χ0v) is 21.7. The molecule has 0 bridgehead atoms. The number of aliphatic hydroxyl groups is 1. The third-order valence-electron chi connectivity index (χ3n) is 5.58. The zero-order chi connectivity index (χ0) is 23.6. The molecule has 0 aliphatic rings. The Morgan fingerprint density at radius 3 is 1.35 bits per heavy atom. The van der Waals surface area contributed by atoms with E-state index in [4.69, 9.17) is 0 Å². The molecule has 0 saturated carbocycles. The molecule has 0 aromatic rings. The Bertz CT molecular complexity index is 659. The van der Waals surface area contributed by atoms with E-state index >= 15 is 0 Å². The molecule has 0 aromatic carbocycles. The first-order chi connectivity index (χ1) is 14.6. The van der Waals surface area contributed by atoms with E-state index in [2.05, 4.69) is 85.4 Å². The largest absolute Gasteiger partial charge is 0.389 e. The summed E-state index contributed by atoms with van der Waals surface area (Å²) < 4.78 is 0. The fraction of sp³-hybridized carbons (Fsp3) is 0.600. The molecule has 1 nitrogen and oxygen atoms in total. The lowest BCUT2D eigenvalue weighted by molar-refractivity contribution is 0.198. The van der Waals surface area contributed by atoms with Crippen LogP contribution in [0.3, 0.4) is 0 Å². The first kappa shape index (κ1) is 29.4. The van der Waals surface area contributed by atoms with Crippen molar-refractivity contribution in [1.29, 1.82) is 0 Å². The van der Waals surface area contributed by atoms with E-state index in [1.807, 2.05) is 0 Å². The summed E-state index contributed by atoms with van der Waals surface area (Å²) in [5.41, 5.74) is 8.08. The molecule has 0 spiro atoms. The third kappa shape index (κ3) is 18.9. The molecule has 0 aromatic heterocycles. The summed E-state index contributed by atoms with van der Waals surface area (Å²) in [6.45, 7) is 19.4. The number of allylic oxidation sites excluding steroid dienone is 10. The highest BCUT2D eigenvalue weighted by molar-refractivity contribution is 5.09. The molecule has 0 amide bonds. The lowest BCUT2D eigenvalue weighted by Gasteiger charge is -2.12. The summed E-state index contributed by atoms with van der Waals surface area (Å²) in [6.07, 6.45) is 21.5. The number of hydrogen-bond donors (Lipinski definition) is 1. The second kappa shape index (κ2) is 18.0. The minimum Gasteiger partial charge on any atom is -0.389 e. The van der Waals surface area contributed by atoms with Crippen LogP contribution in [0.4, 0.5) is 0 Å². The Morgan fingerprint density at radius 2 is 0.935 bits per heavy atom. The fourth-order valence-electron chi connectivity index (χ4n) is 3.39. The predicted octanol–water partition coefficient (Wildman–Crippen LogP) is 9.58. The molecule has 0 aliphatic carbocycles. The number of hydrogen-bond acceptors (Lipinski definition) is 1. The predicted molar refractivity (Wildman–Crippen MR) is 141 cm³/mol. The summed E-state index contributed by atoms with van der Waals surface area (Å²) in [6, 6.07) is 0. The summed E-state index contributed by atoms with van der Waals surface area (Å²) in [7, 11) is 0. The normalized spacial score (nSPS) is 13.7. The van der Waals surface area contributed by atoms with E-state index in [-0.39, 0.29) is 6.10 Å². The number of rotatable bonds is 16. The van der Waals surface area contributed by atoms with Gasteiger partial charge in [0.1, 0.15) is 0 Å². The SMILES string of the molecule is C=C(CC/C=C(\C)CCC=C(C)C)C(O)CC/C=C(\C)CC/C=C(\C)CCC=C(C)C. The van der Waals surface area contributed by atoms with Crippen LogP contribution in [0.5, 0.6) is 0 Å². The molecule has 0 radical (unpaired) electrons. The van der Waals surface area contributed by atoms with Gasteiger partial charge in [0.05, 0.1) is 6.10 Å². The molecule has 176 valence electrons. The molecular formula is C30H50O. The van der Waals surface area contributed by atoms with E-state index < -0.39 is 0 Å². The van der Waals surface area contributed by atoms with Gasteiger partial charge in [-0.2, -0.15) is 0 Å². The molecule has 0 saturated heterocycles. The van der Waals surface area contributed by atoms with Crippen molar-refractivity contribution in [2.24, 2.45) is 0 Å². The van der Waals surface area contributed by atoms with Gasteiger partial charge in [-0.05, 0) is 118 Å². The number of aliphatic hydroxyl groups excluding tert-OH is 1. The molecule has 0 heterocycles. The van der Waals surface area contributed by atoms with Crippen molar-refractivity contribution in [3.05, 3.63) is 70.4 Å². The first-order valence-corrected chi connectivity index (χ1v) is 12.2. The average molecular weight is 427 g/mol. The van der Waals surface area contributed by atoms with Crippen molar-refractivity contribution in [3.63, 3.8) is 0 Å². The maximum atomic E-state index is 10.4. The van der Waals surface area contributed by atoms with Crippen molar-refractivity contribution in [2.75, 3.05) is 0 Å². The average Bonchev–Trinajstić information content (AvgIpc) is 2.67. The van der Waals surface area contributed by atoms with Gasteiger partial charge in [0.25, 0.3) is 0 Å². The van der Waals surface area contributed by atoms with Crippen LogP contribution in [0.25, 0.3) is 0 Å². The van der Waals surface area contributed by atoms with Gasteiger partial charge in [0, 0.05) is 0 Å². The summed E-state index contributed by atoms with van der Waals surface area (Å²) >= 11 is 0. The highest BCUT2D eigenvalue weighted by Crippen LogP contribution is 2.17. The zero-order valence-electron chi connectivity index (χ0n) is 21.7. The van der Waals surface area contributed by atoms with Crippen LogP contribution in [-0.2, 0) is 0 Å². The lowest BCUT2D eigenvalue weighted by Crippen LogP contribution is -2.08. The fourth-order valence-corrected chi connectivity index (χ4v) is 3.39. The van der Waals surface area contributed by atoms with Gasteiger partial charge >= 0.3 is 0 Å². The monoisotopic (exact) mass is 426 g/mol. The minimum absolute atomic E-state index is 0.388.